The van der Waals surface area contributed by atoms with E-state index < -0.39 is 0 Å². The number of aliphatic hydroxyl groups excluding tert-OH is 3. The molecule has 0 atom stereocenters. The summed E-state index contributed by atoms with van der Waals surface area (Å²) in [5.41, 5.74) is 30.9. The van der Waals surface area contributed by atoms with Gasteiger partial charge in [-0.2, -0.15) is 0 Å². The van der Waals surface area contributed by atoms with Crippen LogP contribution in [0.4, 0.5) is 0 Å². The van der Waals surface area contributed by atoms with Gasteiger partial charge in [-0.15, -0.1) is 105 Å². The van der Waals surface area contributed by atoms with Crippen molar-refractivity contribution >= 4 is 50.6 Å². The molecule has 3 N–H and O–H groups in total. The Morgan fingerprint density at radius 2 is 0.559 bits per heavy atom. The number of benzene rings is 6. The van der Waals surface area contributed by atoms with Crippen LogP contribution in [0.5, 0.6) is 0 Å². The molecular weight excluding hydrogens is 2000 g/mol. The van der Waals surface area contributed by atoms with Gasteiger partial charge in [-0.1, -0.05) is 199 Å². The number of carbonyl (C=O) groups is 3. The Hall–Kier alpha value is -9.03. The summed E-state index contributed by atoms with van der Waals surface area (Å²) in [6, 6.07) is 60.0. The average molecular weight is 2120 g/mol. The Morgan fingerprint density at radius 3 is 0.814 bits per heavy atom. The van der Waals surface area contributed by atoms with Crippen LogP contribution >= 0.6 is 0 Å². The maximum atomic E-state index is 10.0. The molecule has 0 amide bonds. The summed E-state index contributed by atoms with van der Waals surface area (Å²) in [4.78, 5) is 44.8. The zero-order valence-corrected chi connectivity index (χ0v) is 82.3. The summed E-state index contributed by atoms with van der Waals surface area (Å²) < 4.78 is 18.7. The van der Waals surface area contributed by atoms with Crippen molar-refractivity contribution in [1.82, 2.24) is 15.0 Å². The molecule has 15 heteroatoms. The number of aromatic nitrogens is 3. The van der Waals surface area contributed by atoms with Crippen LogP contribution in [0, 0.1) is 66.7 Å². The number of aliphatic hydroxyl groups is 3. The maximum Gasteiger partial charge on any atom is 0.155 e. The molecule has 0 saturated carbocycles. The number of carbonyl (C=O) groups excluding carboxylic acids is 3. The molecule has 0 saturated heterocycles. The van der Waals surface area contributed by atoms with Gasteiger partial charge in [0.1, 0.15) is 17.3 Å². The fraction of sp³-hybridized carbons (Fsp3) is 0.359. The zero-order chi connectivity index (χ0) is 86.1. The normalized spacial score (nSPS) is 12.0. The van der Waals surface area contributed by atoms with Gasteiger partial charge in [0.05, 0.1) is 33.8 Å². The Labute approximate surface area is 743 Å². The minimum absolute atomic E-state index is 0. The Kier molecular flexibility index (Phi) is 35.5. The number of ketones is 3. The number of aryl methyl sites for hydroxylation is 7. The summed E-state index contributed by atoms with van der Waals surface area (Å²) in [5.74, 6) is 2.41. The van der Waals surface area contributed by atoms with Gasteiger partial charge < -0.3 is 28.6 Å². The molecular formula is C103H122Ir3N3O9-3. The van der Waals surface area contributed by atoms with Gasteiger partial charge in [0.25, 0.3) is 0 Å². The summed E-state index contributed by atoms with van der Waals surface area (Å²) in [6.07, 6.45) is 3.50. The topological polar surface area (TPSA) is 190 Å². The van der Waals surface area contributed by atoms with E-state index in [0.717, 1.165) is 118 Å². The van der Waals surface area contributed by atoms with E-state index in [2.05, 4.69) is 288 Å². The smallest absolute Gasteiger partial charge is 0.155 e. The number of fused-ring (bicyclic) bond motifs is 3. The molecule has 6 heterocycles. The van der Waals surface area contributed by atoms with Crippen LogP contribution in [-0.4, -0.2) is 47.6 Å². The molecule has 3 radical (unpaired) electrons. The van der Waals surface area contributed by atoms with Gasteiger partial charge in [0, 0.05) is 113 Å². The van der Waals surface area contributed by atoms with Crippen molar-refractivity contribution in [3.63, 3.8) is 0 Å². The van der Waals surface area contributed by atoms with E-state index in [4.69, 9.17) is 43.5 Å². The van der Waals surface area contributed by atoms with E-state index in [1.165, 1.54) is 115 Å². The molecule has 6 aromatic carbocycles. The molecule has 0 aliphatic rings. The predicted octanol–water partition coefficient (Wildman–Crippen LogP) is 27.9. The SMILES string of the molecule is CC(=O)C=C(C)O.CC(=O)C=C(C)O.CC(=O)C=C(C)O.Cc1[c-]c(-c2ccc3oc(-c4c(C)cc(C(C)(C)C)cc4C)cc3n2)cc(C(C)(C)C)c1.Cc1[c-]c(-c2ccc3oc(-c4cc(C(C)(C)C)cc(C(C)(C)C)c4)cc3n2)cc(C(C)(C)C)c1.Cc1[c-]c(-c2ccc3oc(-c4cc(C)cc(C)c4)cc3n2)cc(C(C)(C)C)c1.[Ir].[Ir].[Ir]. The molecule has 0 aliphatic carbocycles. The summed E-state index contributed by atoms with van der Waals surface area (Å²) in [7, 11) is 0. The third-order valence-electron chi connectivity index (χ3n) is 18.9. The molecule has 118 heavy (non-hydrogen) atoms. The van der Waals surface area contributed by atoms with Crippen molar-refractivity contribution in [2.75, 3.05) is 0 Å². The van der Waals surface area contributed by atoms with Crippen LogP contribution < -0.4 is 0 Å². The fourth-order valence-corrected chi connectivity index (χ4v) is 12.9. The second-order valence-corrected chi connectivity index (χ2v) is 36.8. The monoisotopic (exact) mass is 2120 g/mol. The predicted molar refractivity (Wildman–Crippen MR) is 478 cm³/mol. The number of nitrogens with zero attached hydrogens (tertiary/aromatic N) is 3. The summed E-state index contributed by atoms with van der Waals surface area (Å²) >= 11 is 0. The van der Waals surface area contributed by atoms with Crippen molar-refractivity contribution < 1.29 is 103 Å². The Bertz CT molecular complexity index is 5480. The van der Waals surface area contributed by atoms with Crippen molar-refractivity contribution in [2.24, 2.45) is 0 Å². The summed E-state index contributed by atoms with van der Waals surface area (Å²) in [5, 5.41) is 25.1. The number of allylic oxidation sites excluding steroid dienone is 6. The fourth-order valence-electron chi connectivity index (χ4n) is 12.9. The van der Waals surface area contributed by atoms with Crippen LogP contribution in [0.2, 0.25) is 0 Å². The Balaban J connectivity index is 0.000000328. The Morgan fingerprint density at radius 1 is 0.314 bits per heavy atom. The van der Waals surface area contributed by atoms with Crippen LogP contribution in [-0.2, 0) is 107 Å². The van der Waals surface area contributed by atoms with E-state index in [0.29, 0.717) is 0 Å². The molecule has 0 unspecified atom stereocenters. The molecule has 6 aromatic heterocycles. The standard InChI is InChI=1S/C32H38NO.C30H34NO.C26H26NO.3C5H8O2.3Ir/c1-20-13-21(15-23(14-20)30(2,3)4)26-11-12-28-27(33-26)19-29(34-28)22-16-24(31(5,6)7)18-25(17-22)32(8,9)10;1-18-12-21(16-22(13-18)29(4,5)6)24-10-11-26-25(31-24)17-27(32-26)28-19(2)14-23(15-20(28)3)30(7,8)9;1-16-9-17(2)12-20(11-16)25-15-23-24(28-25)8-7-22(27-23)19-10-18(3)13-21(14-19)26(4,5)6;3*1-4(6)3-5(2)7;;;/h11-12,14-19H,1-10H3;10-11,13-17H,1-9H3;7-9,11-15H,1-6H3;3*3,6H,1-2H3;;;/q3*-1;;;;;;. The van der Waals surface area contributed by atoms with Crippen LogP contribution in [0.3, 0.4) is 0 Å². The molecule has 12 nitrogen and oxygen atoms in total. The number of pyridine rings is 3. The number of hydrogen-bond acceptors (Lipinski definition) is 12. The molecule has 12 aromatic rings. The first-order valence-corrected chi connectivity index (χ1v) is 39.4. The molecule has 633 valence electrons. The summed E-state index contributed by atoms with van der Waals surface area (Å²) in [6.45, 7) is 63.8. The molecule has 0 bridgehead atoms. The quantitative estimate of drug-likeness (QED) is 0.0705. The van der Waals surface area contributed by atoms with Crippen molar-refractivity contribution in [3.05, 3.63) is 266 Å². The molecule has 0 fully saturated rings. The van der Waals surface area contributed by atoms with Gasteiger partial charge in [0.15, 0.2) is 34.1 Å². The zero-order valence-electron chi connectivity index (χ0n) is 75.1. The van der Waals surface area contributed by atoms with Gasteiger partial charge >= 0.3 is 0 Å². The first kappa shape index (κ1) is 101. The molecule has 0 aliphatic heterocycles. The minimum atomic E-state index is -0.125. The number of rotatable bonds is 9. The van der Waals surface area contributed by atoms with E-state index in [9.17, 15) is 14.4 Å². The number of furan rings is 3. The molecule has 0 spiro atoms. The van der Waals surface area contributed by atoms with E-state index in [1.807, 2.05) is 42.5 Å². The average Bonchev–Trinajstić information content (AvgIpc) is 1.55. The first-order valence-electron chi connectivity index (χ1n) is 39.4. The van der Waals surface area contributed by atoms with E-state index in [1.54, 1.807) is 0 Å². The minimum Gasteiger partial charge on any atom is -0.512 e. The second kappa shape index (κ2) is 41.3. The largest absolute Gasteiger partial charge is 0.512 e. The van der Waals surface area contributed by atoms with Gasteiger partial charge in [0.2, 0.25) is 0 Å². The maximum absolute atomic E-state index is 10.0. The van der Waals surface area contributed by atoms with E-state index in [-0.39, 0.29) is 127 Å². The second-order valence-electron chi connectivity index (χ2n) is 36.8. The van der Waals surface area contributed by atoms with Gasteiger partial charge in [-0.05, 0) is 189 Å². The van der Waals surface area contributed by atoms with Crippen molar-refractivity contribution in [3.8, 4) is 67.7 Å². The van der Waals surface area contributed by atoms with Crippen LogP contribution in [0.15, 0.2) is 188 Å². The van der Waals surface area contributed by atoms with Crippen LogP contribution in [0.25, 0.3) is 101 Å². The van der Waals surface area contributed by atoms with E-state index >= 15 is 0 Å². The van der Waals surface area contributed by atoms with Crippen molar-refractivity contribution in [1.29, 1.82) is 0 Å². The van der Waals surface area contributed by atoms with Crippen LogP contribution in [0.1, 0.15) is 238 Å². The molecule has 12 rings (SSSR count). The first-order chi connectivity index (χ1) is 53.0. The third kappa shape index (κ3) is 29.4. The third-order valence-corrected chi connectivity index (χ3v) is 18.9. The number of hydrogen-bond donors (Lipinski definition) is 3. The van der Waals surface area contributed by atoms with Gasteiger partial charge in [-0.25, -0.2) is 0 Å². The van der Waals surface area contributed by atoms with Gasteiger partial charge in [-0.3, -0.25) is 29.3 Å². The van der Waals surface area contributed by atoms with Crippen molar-refractivity contribution in [2.45, 2.75) is 247 Å².